The highest BCUT2D eigenvalue weighted by molar-refractivity contribution is 5.96. The zero-order chi connectivity index (χ0) is 23.4. The zero-order valence-corrected chi connectivity index (χ0v) is 17.9. The Kier molecular flexibility index (Phi) is 6.32. The van der Waals surface area contributed by atoms with Crippen LogP contribution in [0.15, 0.2) is 70.5 Å². The summed E-state index contributed by atoms with van der Waals surface area (Å²) in [5, 5.41) is 15.8. The van der Waals surface area contributed by atoms with Crippen molar-refractivity contribution >= 4 is 22.6 Å². The van der Waals surface area contributed by atoms with E-state index >= 15 is 0 Å². The first-order valence-electron chi connectivity index (χ1n) is 10.5. The van der Waals surface area contributed by atoms with Gasteiger partial charge in [0.1, 0.15) is 0 Å². The molecule has 0 aliphatic carbocycles. The van der Waals surface area contributed by atoms with Crippen LogP contribution in [0.1, 0.15) is 13.3 Å². The number of aliphatic hydroxyl groups is 1. The van der Waals surface area contributed by atoms with E-state index in [1.54, 1.807) is 42.7 Å². The Labute approximate surface area is 188 Å². The Morgan fingerprint density at radius 2 is 1.70 bits per heavy atom. The van der Waals surface area contributed by atoms with Gasteiger partial charge in [-0.1, -0.05) is 6.92 Å². The fraction of sp³-hybridized carbons (Fsp3) is 0.167. The van der Waals surface area contributed by atoms with E-state index in [1.807, 2.05) is 13.0 Å². The molecule has 3 aromatic heterocycles. The van der Waals surface area contributed by atoms with E-state index < -0.39 is 12.1 Å². The normalized spacial score (nSPS) is 11.8. The third-order valence-corrected chi connectivity index (χ3v) is 5.19. The summed E-state index contributed by atoms with van der Waals surface area (Å²) in [6, 6.07) is 13.1. The number of nitrogens with zero attached hydrogens (tertiary/aromatic N) is 1. The second kappa shape index (κ2) is 9.49. The van der Waals surface area contributed by atoms with Crippen molar-refractivity contribution in [1.82, 2.24) is 20.3 Å². The lowest BCUT2D eigenvalue weighted by molar-refractivity contribution is 0.168. The largest absolute Gasteiger partial charge is 0.391 e. The maximum atomic E-state index is 12.1. The molecule has 1 atom stereocenters. The van der Waals surface area contributed by atoms with Crippen molar-refractivity contribution in [3.63, 3.8) is 0 Å². The number of benzene rings is 1. The number of nitrogens with one attached hydrogen (secondary N) is 4. The molecule has 0 aliphatic heterocycles. The van der Waals surface area contributed by atoms with Gasteiger partial charge >= 0.3 is 6.03 Å². The molecule has 0 radical (unpaired) electrons. The summed E-state index contributed by atoms with van der Waals surface area (Å²) < 4.78 is 0. The SMILES string of the molecule is CCC(O)CNC(=O)Nc1ccc2nc(-c3ccc(=O)[nH]c3)c(-c3ccc(=O)[nH]c3)cc2c1. The van der Waals surface area contributed by atoms with Gasteiger partial charge in [-0.05, 0) is 42.8 Å². The number of hydrogen-bond acceptors (Lipinski definition) is 5. The molecule has 4 rings (SSSR count). The summed E-state index contributed by atoms with van der Waals surface area (Å²) in [6.45, 7) is 2.00. The van der Waals surface area contributed by atoms with E-state index in [1.165, 1.54) is 12.1 Å². The molecule has 9 nitrogen and oxygen atoms in total. The summed E-state index contributed by atoms with van der Waals surface area (Å²) in [6.07, 6.45) is 3.15. The predicted molar refractivity (Wildman–Crippen MR) is 127 cm³/mol. The molecule has 168 valence electrons. The summed E-state index contributed by atoms with van der Waals surface area (Å²) in [4.78, 5) is 45.3. The van der Waals surface area contributed by atoms with Crippen molar-refractivity contribution in [1.29, 1.82) is 0 Å². The van der Waals surface area contributed by atoms with Crippen LogP contribution >= 0.6 is 0 Å². The molecular weight excluding hydrogens is 422 g/mol. The van der Waals surface area contributed by atoms with Crippen LogP contribution in [0.4, 0.5) is 10.5 Å². The Balaban J connectivity index is 1.74. The number of urea groups is 1. The lowest BCUT2D eigenvalue weighted by Crippen LogP contribution is -2.34. The fourth-order valence-electron chi connectivity index (χ4n) is 3.36. The highest BCUT2D eigenvalue weighted by atomic mass is 16.3. The van der Waals surface area contributed by atoms with Crippen LogP contribution in [0.2, 0.25) is 0 Å². The monoisotopic (exact) mass is 445 g/mol. The molecule has 1 aromatic carbocycles. The van der Waals surface area contributed by atoms with Gasteiger partial charge in [0.05, 0.1) is 17.3 Å². The summed E-state index contributed by atoms with van der Waals surface area (Å²) >= 11 is 0. The van der Waals surface area contributed by atoms with Gasteiger partial charge in [0.2, 0.25) is 11.1 Å². The highest BCUT2D eigenvalue weighted by Crippen LogP contribution is 2.33. The van der Waals surface area contributed by atoms with Gasteiger partial charge in [-0.2, -0.15) is 0 Å². The van der Waals surface area contributed by atoms with E-state index in [2.05, 4.69) is 20.6 Å². The Bertz CT molecular complexity index is 1390. The number of carbonyl (C=O) groups is 1. The standard InChI is InChI=1S/C24H23N5O4/c1-2-18(30)13-27-24(33)28-17-5-6-20-16(9-17)10-19(14-3-7-21(31)25-11-14)23(29-20)15-4-8-22(32)26-12-15/h3-12,18,30H,2,13H2,1H3,(H,25,31)(H,26,32)(H2,27,28,33). The Morgan fingerprint density at radius 1 is 1.00 bits per heavy atom. The molecule has 33 heavy (non-hydrogen) atoms. The molecule has 9 heteroatoms. The van der Waals surface area contributed by atoms with Gasteiger partial charge in [0.15, 0.2) is 0 Å². The second-order valence-corrected chi connectivity index (χ2v) is 7.57. The van der Waals surface area contributed by atoms with E-state index in [-0.39, 0.29) is 17.7 Å². The van der Waals surface area contributed by atoms with Crippen molar-refractivity contribution in [3.8, 4) is 22.4 Å². The average molecular weight is 445 g/mol. The molecule has 1 unspecified atom stereocenters. The van der Waals surface area contributed by atoms with Gasteiger partial charge in [0.25, 0.3) is 0 Å². The van der Waals surface area contributed by atoms with Crippen LogP contribution in [0.3, 0.4) is 0 Å². The van der Waals surface area contributed by atoms with Gasteiger partial charge < -0.3 is 25.7 Å². The predicted octanol–water partition coefficient (Wildman–Crippen LogP) is 2.84. The zero-order valence-electron chi connectivity index (χ0n) is 17.9. The number of anilines is 1. The van der Waals surface area contributed by atoms with Gasteiger partial charge in [0, 0.05) is 58.8 Å². The number of aromatic nitrogens is 3. The number of rotatable bonds is 6. The maximum absolute atomic E-state index is 12.1. The van der Waals surface area contributed by atoms with Crippen molar-refractivity contribution in [2.75, 3.05) is 11.9 Å². The molecule has 0 aliphatic rings. The number of H-pyrrole nitrogens is 2. The molecule has 0 fully saturated rings. The first-order chi connectivity index (χ1) is 15.9. The van der Waals surface area contributed by atoms with E-state index in [0.29, 0.717) is 28.9 Å². The number of hydrogen-bond donors (Lipinski definition) is 5. The smallest absolute Gasteiger partial charge is 0.319 e. The van der Waals surface area contributed by atoms with E-state index in [9.17, 15) is 19.5 Å². The van der Waals surface area contributed by atoms with Crippen LogP contribution in [0, 0.1) is 0 Å². The van der Waals surface area contributed by atoms with Gasteiger partial charge in [-0.3, -0.25) is 9.59 Å². The van der Waals surface area contributed by atoms with Crippen molar-refractivity contribution < 1.29 is 9.90 Å². The van der Waals surface area contributed by atoms with Crippen molar-refractivity contribution in [2.45, 2.75) is 19.4 Å². The first-order valence-corrected chi connectivity index (χ1v) is 10.5. The number of pyridine rings is 3. The number of aromatic amines is 2. The summed E-state index contributed by atoms with van der Waals surface area (Å²) in [7, 11) is 0. The molecular formula is C24H23N5O4. The van der Waals surface area contributed by atoms with E-state index in [0.717, 1.165) is 16.5 Å². The third kappa shape index (κ3) is 5.16. The molecule has 0 spiro atoms. The van der Waals surface area contributed by atoms with Crippen LogP contribution in [-0.4, -0.2) is 38.7 Å². The van der Waals surface area contributed by atoms with Gasteiger partial charge in [-0.25, -0.2) is 9.78 Å². The highest BCUT2D eigenvalue weighted by Gasteiger charge is 2.13. The first kappa shape index (κ1) is 22.0. The van der Waals surface area contributed by atoms with Crippen molar-refractivity contribution in [2.24, 2.45) is 0 Å². The summed E-state index contributed by atoms with van der Waals surface area (Å²) in [5.74, 6) is 0. The van der Waals surface area contributed by atoms with Crippen LogP contribution < -0.4 is 21.8 Å². The Hall–Kier alpha value is -4.24. The van der Waals surface area contributed by atoms with Crippen LogP contribution in [-0.2, 0) is 0 Å². The third-order valence-electron chi connectivity index (χ3n) is 5.19. The number of carbonyl (C=O) groups excluding carboxylic acids is 1. The number of aliphatic hydroxyl groups excluding tert-OH is 1. The average Bonchev–Trinajstić information content (AvgIpc) is 2.82. The van der Waals surface area contributed by atoms with Crippen molar-refractivity contribution in [3.05, 3.63) is 81.6 Å². The molecule has 0 saturated heterocycles. The topological polar surface area (TPSA) is 140 Å². The van der Waals surface area contributed by atoms with E-state index in [4.69, 9.17) is 4.98 Å². The fourth-order valence-corrected chi connectivity index (χ4v) is 3.36. The molecule has 5 N–H and O–H groups in total. The second-order valence-electron chi connectivity index (χ2n) is 7.57. The molecule has 0 saturated carbocycles. The lowest BCUT2D eigenvalue weighted by Gasteiger charge is -2.13. The number of amides is 2. The van der Waals surface area contributed by atoms with Crippen LogP contribution in [0.5, 0.6) is 0 Å². The Morgan fingerprint density at radius 3 is 2.33 bits per heavy atom. The van der Waals surface area contributed by atoms with Gasteiger partial charge in [-0.15, -0.1) is 0 Å². The lowest BCUT2D eigenvalue weighted by atomic mass is 9.99. The molecule has 3 heterocycles. The minimum Gasteiger partial charge on any atom is -0.391 e. The minimum atomic E-state index is -0.595. The molecule has 4 aromatic rings. The number of fused-ring (bicyclic) bond motifs is 1. The van der Waals surface area contributed by atoms with Crippen LogP contribution in [0.25, 0.3) is 33.3 Å². The minimum absolute atomic E-state index is 0.163. The molecule has 0 bridgehead atoms. The quantitative estimate of drug-likeness (QED) is 0.310. The molecule has 2 amide bonds. The maximum Gasteiger partial charge on any atom is 0.319 e. The summed E-state index contributed by atoms with van der Waals surface area (Å²) in [5.41, 5.74) is 3.67.